The third kappa shape index (κ3) is 7.06. The van der Waals surface area contributed by atoms with Gasteiger partial charge < -0.3 is 15.4 Å². The predicted molar refractivity (Wildman–Crippen MR) is 155 cm³/mol. The Morgan fingerprint density at radius 2 is 1.90 bits per heavy atom. The minimum absolute atomic E-state index is 0.0722. The number of nitrogens with two attached hydrogens (primary N) is 1. The summed E-state index contributed by atoms with van der Waals surface area (Å²) in [5, 5.41) is 0. The number of piperidine rings is 1. The monoisotopic (exact) mass is 559 g/mol. The molecule has 2 heterocycles. The molecular weight excluding hydrogens is 522 g/mol. The first-order valence-corrected chi connectivity index (χ1v) is 17.5. The average Bonchev–Trinajstić information content (AvgIpc) is 3.24. The van der Waals surface area contributed by atoms with Crippen LogP contribution in [0.2, 0.25) is 25.7 Å². The number of carbonyl (C=O) groups is 4. The number of carbonyl (C=O) groups excluding carboxylic acids is 4. The zero-order valence-corrected chi connectivity index (χ0v) is 24.5. The molecule has 8 nitrogen and oxygen atoms in total. The lowest BCUT2D eigenvalue weighted by Crippen LogP contribution is -2.55. The van der Waals surface area contributed by atoms with Gasteiger partial charge in [-0.2, -0.15) is 0 Å². The Morgan fingerprint density at radius 3 is 2.65 bits per heavy atom. The van der Waals surface area contributed by atoms with Crippen molar-refractivity contribution < 1.29 is 23.9 Å². The van der Waals surface area contributed by atoms with Gasteiger partial charge in [-0.1, -0.05) is 49.7 Å². The van der Waals surface area contributed by atoms with Crippen LogP contribution in [0.1, 0.15) is 63.1 Å². The number of hydrogen-bond acceptors (Lipinski definition) is 5. The SMILES string of the molecule is C[Si](C)(C)CCOCN1C(=O)CCC(N2Cc3c(C#CCCCc4cccc(C(N)=O)c4)cccc3C2=O)C1=O. The number of unbranched alkanes of at least 4 members (excludes halogenated alkanes) is 1. The number of benzene rings is 2. The summed E-state index contributed by atoms with van der Waals surface area (Å²) < 4.78 is 5.69. The van der Waals surface area contributed by atoms with Crippen molar-refractivity contribution >= 4 is 31.7 Å². The van der Waals surface area contributed by atoms with E-state index in [2.05, 4.69) is 31.5 Å². The van der Waals surface area contributed by atoms with Gasteiger partial charge in [-0.3, -0.25) is 24.1 Å². The van der Waals surface area contributed by atoms with Crippen LogP contribution in [0.4, 0.5) is 0 Å². The molecule has 1 unspecified atom stereocenters. The molecule has 0 aromatic heterocycles. The molecule has 1 atom stereocenters. The topological polar surface area (TPSA) is 110 Å². The second-order valence-electron chi connectivity index (χ2n) is 11.5. The molecule has 2 aliphatic heterocycles. The lowest BCUT2D eigenvalue weighted by atomic mass is 10.0. The standard InChI is InChI=1S/C31H37N3O5Si/c1-40(2,3)18-17-39-21-34-28(35)16-15-27(31(34)38)33-20-26-23(12-8-14-25(26)30(33)37)11-6-4-5-9-22-10-7-13-24(19-22)29(32)36/h7-8,10,12-14,19,27H,4-5,9,15-18,20-21H2,1-3H3,(H2,32,36). The van der Waals surface area contributed by atoms with Crippen LogP contribution in [0.15, 0.2) is 42.5 Å². The highest BCUT2D eigenvalue weighted by Gasteiger charge is 2.43. The highest BCUT2D eigenvalue weighted by Crippen LogP contribution is 2.31. The van der Waals surface area contributed by atoms with Gasteiger partial charge in [0, 0.05) is 50.8 Å². The Hall–Kier alpha value is -3.74. The fourth-order valence-electron chi connectivity index (χ4n) is 4.92. The highest BCUT2D eigenvalue weighted by atomic mass is 28.3. The normalized spacial score (nSPS) is 17.1. The first-order chi connectivity index (χ1) is 19.0. The van der Waals surface area contributed by atoms with Gasteiger partial charge in [-0.25, -0.2) is 0 Å². The molecule has 0 spiro atoms. The minimum atomic E-state index is -1.29. The van der Waals surface area contributed by atoms with Crippen molar-refractivity contribution in [1.82, 2.24) is 9.80 Å². The Morgan fingerprint density at radius 1 is 1.12 bits per heavy atom. The van der Waals surface area contributed by atoms with Crippen molar-refractivity contribution in [3.05, 3.63) is 70.3 Å². The van der Waals surface area contributed by atoms with Crippen LogP contribution in [0, 0.1) is 11.8 Å². The number of rotatable bonds is 10. The van der Waals surface area contributed by atoms with E-state index in [-0.39, 0.29) is 37.4 Å². The number of ether oxygens (including phenoxy) is 1. The van der Waals surface area contributed by atoms with E-state index in [1.54, 1.807) is 23.1 Å². The van der Waals surface area contributed by atoms with Crippen LogP contribution in [0.5, 0.6) is 0 Å². The maximum absolute atomic E-state index is 13.3. The third-order valence-electron chi connectivity index (χ3n) is 7.27. The van der Waals surface area contributed by atoms with Crippen molar-refractivity contribution in [2.45, 2.75) is 70.4 Å². The second-order valence-corrected chi connectivity index (χ2v) is 17.2. The fraction of sp³-hybridized carbons (Fsp3) is 0.419. The van der Waals surface area contributed by atoms with Crippen LogP contribution in [-0.2, 0) is 27.3 Å². The molecule has 40 heavy (non-hydrogen) atoms. The highest BCUT2D eigenvalue weighted by molar-refractivity contribution is 6.76. The quantitative estimate of drug-likeness (QED) is 0.205. The first kappa shape index (κ1) is 29.2. The number of hydrogen-bond donors (Lipinski definition) is 1. The third-order valence-corrected chi connectivity index (χ3v) is 8.98. The van der Waals surface area contributed by atoms with Gasteiger partial charge in [0.25, 0.3) is 11.8 Å². The van der Waals surface area contributed by atoms with Gasteiger partial charge in [0.15, 0.2) is 0 Å². The minimum Gasteiger partial charge on any atom is -0.366 e. The molecule has 4 rings (SSSR count). The maximum Gasteiger partial charge on any atom is 0.255 e. The van der Waals surface area contributed by atoms with E-state index in [0.29, 0.717) is 30.6 Å². The van der Waals surface area contributed by atoms with Gasteiger partial charge in [0.2, 0.25) is 11.8 Å². The number of imide groups is 1. The number of likely N-dealkylation sites (tertiary alicyclic amines) is 1. The molecule has 210 valence electrons. The lowest BCUT2D eigenvalue weighted by Gasteiger charge is -2.35. The summed E-state index contributed by atoms with van der Waals surface area (Å²) in [5.41, 5.74) is 9.04. The summed E-state index contributed by atoms with van der Waals surface area (Å²) >= 11 is 0. The molecule has 4 amide bonds. The van der Waals surface area contributed by atoms with Crippen LogP contribution in [0.3, 0.4) is 0 Å². The largest absolute Gasteiger partial charge is 0.366 e. The van der Waals surface area contributed by atoms with Crippen LogP contribution < -0.4 is 5.73 Å². The summed E-state index contributed by atoms with van der Waals surface area (Å²) in [6, 6.07) is 13.0. The maximum atomic E-state index is 13.3. The molecule has 0 saturated carbocycles. The van der Waals surface area contributed by atoms with Gasteiger partial charge >= 0.3 is 0 Å². The molecule has 9 heteroatoms. The summed E-state index contributed by atoms with van der Waals surface area (Å²) in [4.78, 5) is 53.3. The first-order valence-electron chi connectivity index (χ1n) is 13.8. The number of fused-ring (bicyclic) bond motifs is 1. The Labute approximate surface area is 236 Å². The van der Waals surface area contributed by atoms with E-state index in [1.807, 2.05) is 24.3 Å². The lowest BCUT2D eigenvalue weighted by molar-refractivity contribution is -0.158. The molecule has 0 aliphatic carbocycles. The van der Waals surface area contributed by atoms with E-state index >= 15 is 0 Å². The smallest absolute Gasteiger partial charge is 0.255 e. The molecule has 2 aromatic rings. The number of primary amides is 1. The fourth-order valence-corrected chi connectivity index (χ4v) is 5.68. The molecule has 2 N–H and O–H groups in total. The summed E-state index contributed by atoms with van der Waals surface area (Å²) in [7, 11) is -1.29. The molecule has 0 radical (unpaired) electrons. The van der Waals surface area contributed by atoms with Crippen LogP contribution in [-0.4, -0.2) is 60.9 Å². The number of aryl methyl sites for hydroxylation is 1. The van der Waals surface area contributed by atoms with Gasteiger partial charge in [0.05, 0.1) is 0 Å². The van der Waals surface area contributed by atoms with Gasteiger partial charge in [-0.15, -0.1) is 0 Å². The van der Waals surface area contributed by atoms with Crippen LogP contribution >= 0.6 is 0 Å². The van der Waals surface area contributed by atoms with Crippen LogP contribution in [0.25, 0.3) is 0 Å². The second kappa shape index (κ2) is 12.6. The summed E-state index contributed by atoms with van der Waals surface area (Å²) in [6.07, 6.45) is 2.74. The van der Waals surface area contributed by atoms with Gasteiger partial charge in [-0.05, 0) is 60.7 Å². The van der Waals surface area contributed by atoms with Crippen molar-refractivity contribution in [3.63, 3.8) is 0 Å². The van der Waals surface area contributed by atoms with E-state index in [1.165, 1.54) is 0 Å². The summed E-state index contributed by atoms with van der Waals surface area (Å²) in [6.45, 7) is 7.45. The van der Waals surface area contributed by atoms with Crippen molar-refractivity contribution in [2.24, 2.45) is 5.73 Å². The molecule has 1 saturated heterocycles. The number of amides is 4. The number of nitrogens with zero attached hydrogens (tertiary/aromatic N) is 2. The molecule has 2 aliphatic rings. The molecule has 1 fully saturated rings. The van der Waals surface area contributed by atoms with E-state index in [9.17, 15) is 19.2 Å². The Balaban J connectivity index is 1.38. The van der Waals surface area contributed by atoms with E-state index in [0.717, 1.165) is 40.5 Å². The summed E-state index contributed by atoms with van der Waals surface area (Å²) in [5.74, 6) is 5.13. The van der Waals surface area contributed by atoms with Crippen molar-refractivity contribution in [2.75, 3.05) is 13.3 Å². The van der Waals surface area contributed by atoms with E-state index in [4.69, 9.17) is 10.5 Å². The van der Waals surface area contributed by atoms with Gasteiger partial charge in [0.1, 0.15) is 12.8 Å². The van der Waals surface area contributed by atoms with Crippen molar-refractivity contribution in [1.29, 1.82) is 0 Å². The van der Waals surface area contributed by atoms with Crippen molar-refractivity contribution in [3.8, 4) is 11.8 Å². The molecule has 0 bridgehead atoms. The van der Waals surface area contributed by atoms with E-state index < -0.39 is 20.0 Å². The molecule has 2 aromatic carbocycles. The zero-order valence-electron chi connectivity index (χ0n) is 23.5. The average molecular weight is 560 g/mol. The zero-order chi connectivity index (χ0) is 28.9. The Bertz CT molecular complexity index is 1370. The molecular formula is C31H37N3O5Si. The Kier molecular flexibility index (Phi) is 9.23. The predicted octanol–water partition coefficient (Wildman–Crippen LogP) is 3.95.